The standard InChI is InChI=1S/C17H17FN2O/c1-4-6-7-8-11-20-14(5-2)19-16-13(18)10-9-12(3)15(16)17(20)21/h4,6-11H,1,5H2,2-3H3/b7-6-,11-8+. The van der Waals surface area contributed by atoms with Gasteiger partial charge in [-0.05, 0) is 24.6 Å². The van der Waals surface area contributed by atoms with E-state index in [0.717, 1.165) is 5.56 Å². The number of aryl methyl sites for hydroxylation is 2. The van der Waals surface area contributed by atoms with Crippen LogP contribution >= 0.6 is 0 Å². The summed E-state index contributed by atoms with van der Waals surface area (Å²) in [6.45, 7) is 7.24. The van der Waals surface area contributed by atoms with Gasteiger partial charge in [-0.3, -0.25) is 9.36 Å². The van der Waals surface area contributed by atoms with Crippen molar-refractivity contribution in [2.75, 3.05) is 0 Å². The molecule has 0 unspecified atom stereocenters. The molecule has 2 rings (SSSR count). The predicted molar refractivity (Wildman–Crippen MR) is 84.7 cm³/mol. The van der Waals surface area contributed by atoms with E-state index in [1.807, 2.05) is 6.92 Å². The molecule has 0 aliphatic rings. The van der Waals surface area contributed by atoms with Crippen LogP contribution in [0.1, 0.15) is 18.3 Å². The van der Waals surface area contributed by atoms with Crippen LogP contribution in [0.25, 0.3) is 17.1 Å². The van der Waals surface area contributed by atoms with E-state index in [2.05, 4.69) is 11.6 Å². The second-order valence-electron chi connectivity index (χ2n) is 4.61. The zero-order valence-corrected chi connectivity index (χ0v) is 12.1. The summed E-state index contributed by atoms with van der Waals surface area (Å²) in [5.41, 5.74) is 0.607. The highest BCUT2D eigenvalue weighted by Crippen LogP contribution is 2.17. The van der Waals surface area contributed by atoms with Crippen LogP contribution in [0.4, 0.5) is 4.39 Å². The number of rotatable bonds is 4. The third-order valence-electron chi connectivity index (χ3n) is 3.20. The summed E-state index contributed by atoms with van der Waals surface area (Å²) in [5.74, 6) is 0.0605. The fourth-order valence-corrected chi connectivity index (χ4v) is 2.15. The normalized spacial score (nSPS) is 11.8. The Labute approximate surface area is 122 Å². The number of fused-ring (bicyclic) bond motifs is 1. The van der Waals surface area contributed by atoms with Crippen LogP contribution in [0.15, 0.2) is 47.8 Å². The van der Waals surface area contributed by atoms with Gasteiger partial charge in [0.1, 0.15) is 17.2 Å². The lowest BCUT2D eigenvalue weighted by molar-refractivity contribution is 0.634. The molecule has 1 heterocycles. The first-order valence-corrected chi connectivity index (χ1v) is 6.76. The van der Waals surface area contributed by atoms with Crippen molar-refractivity contribution in [3.05, 3.63) is 70.6 Å². The van der Waals surface area contributed by atoms with Crippen LogP contribution in [0.5, 0.6) is 0 Å². The molecule has 0 saturated carbocycles. The molecule has 0 bridgehead atoms. The van der Waals surface area contributed by atoms with Crippen LogP contribution in [0.2, 0.25) is 0 Å². The van der Waals surface area contributed by atoms with Gasteiger partial charge in [-0.2, -0.15) is 0 Å². The molecule has 0 radical (unpaired) electrons. The Balaban J connectivity index is 2.76. The van der Waals surface area contributed by atoms with Gasteiger partial charge in [0.25, 0.3) is 5.56 Å². The highest BCUT2D eigenvalue weighted by atomic mass is 19.1. The third kappa shape index (κ3) is 2.84. The van der Waals surface area contributed by atoms with Gasteiger partial charge in [-0.25, -0.2) is 9.37 Å². The molecular formula is C17H17FN2O. The van der Waals surface area contributed by atoms with E-state index < -0.39 is 5.82 Å². The lowest BCUT2D eigenvalue weighted by Gasteiger charge is -2.10. The summed E-state index contributed by atoms with van der Waals surface area (Å²) in [6.07, 6.45) is 9.07. The minimum Gasteiger partial charge on any atom is -0.271 e. The Morgan fingerprint density at radius 3 is 2.76 bits per heavy atom. The summed E-state index contributed by atoms with van der Waals surface area (Å²) in [6, 6.07) is 2.94. The highest BCUT2D eigenvalue weighted by molar-refractivity contribution is 5.82. The highest BCUT2D eigenvalue weighted by Gasteiger charge is 2.13. The van der Waals surface area contributed by atoms with Gasteiger partial charge in [0.05, 0.1) is 5.39 Å². The molecule has 0 spiro atoms. The van der Waals surface area contributed by atoms with E-state index in [-0.39, 0.29) is 11.1 Å². The van der Waals surface area contributed by atoms with Crippen LogP contribution in [-0.2, 0) is 6.42 Å². The Bertz CT molecular complexity index is 801. The van der Waals surface area contributed by atoms with Crippen molar-refractivity contribution in [2.45, 2.75) is 20.3 Å². The van der Waals surface area contributed by atoms with Gasteiger partial charge in [-0.1, -0.05) is 37.8 Å². The van der Waals surface area contributed by atoms with Crippen molar-refractivity contribution < 1.29 is 4.39 Å². The molecule has 0 saturated heterocycles. The molecule has 21 heavy (non-hydrogen) atoms. The summed E-state index contributed by atoms with van der Waals surface area (Å²) < 4.78 is 15.4. The molecular weight excluding hydrogens is 267 g/mol. The van der Waals surface area contributed by atoms with Crippen molar-refractivity contribution in [3.8, 4) is 0 Å². The average Bonchev–Trinajstić information content (AvgIpc) is 2.48. The largest absolute Gasteiger partial charge is 0.271 e. The smallest absolute Gasteiger partial charge is 0.265 e. The van der Waals surface area contributed by atoms with Crippen molar-refractivity contribution >= 4 is 17.1 Å². The Morgan fingerprint density at radius 2 is 2.10 bits per heavy atom. The zero-order chi connectivity index (χ0) is 15.4. The average molecular weight is 284 g/mol. The molecule has 0 fully saturated rings. The summed E-state index contributed by atoms with van der Waals surface area (Å²) in [5, 5.41) is 0.324. The van der Waals surface area contributed by atoms with E-state index >= 15 is 0 Å². The first-order chi connectivity index (χ1) is 10.1. The van der Waals surface area contributed by atoms with Gasteiger partial charge >= 0.3 is 0 Å². The predicted octanol–water partition coefficient (Wildman–Crippen LogP) is 3.62. The zero-order valence-electron chi connectivity index (χ0n) is 12.1. The topological polar surface area (TPSA) is 34.9 Å². The lowest BCUT2D eigenvalue weighted by Crippen LogP contribution is -2.22. The first kappa shape index (κ1) is 14.9. The number of hydrogen-bond donors (Lipinski definition) is 0. The minimum atomic E-state index is -0.468. The van der Waals surface area contributed by atoms with Crippen molar-refractivity contribution in [3.63, 3.8) is 0 Å². The maximum absolute atomic E-state index is 13.9. The van der Waals surface area contributed by atoms with Crippen molar-refractivity contribution in [1.82, 2.24) is 9.55 Å². The van der Waals surface area contributed by atoms with E-state index in [0.29, 0.717) is 17.6 Å². The van der Waals surface area contributed by atoms with Gasteiger partial charge in [0.2, 0.25) is 0 Å². The van der Waals surface area contributed by atoms with Gasteiger partial charge < -0.3 is 0 Å². The Hall–Kier alpha value is -2.49. The van der Waals surface area contributed by atoms with E-state index in [4.69, 9.17) is 0 Å². The first-order valence-electron chi connectivity index (χ1n) is 6.76. The third-order valence-corrected chi connectivity index (χ3v) is 3.20. The van der Waals surface area contributed by atoms with Gasteiger partial charge in [0.15, 0.2) is 0 Å². The fraction of sp³-hybridized carbons (Fsp3) is 0.176. The summed E-state index contributed by atoms with van der Waals surface area (Å²) in [4.78, 5) is 16.9. The molecule has 1 aromatic carbocycles. The number of nitrogens with zero attached hydrogens (tertiary/aromatic N) is 2. The van der Waals surface area contributed by atoms with Crippen LogP contribution in [0.3, 0.4) is 0 Å². The molecule has 0 aliphatic carbocycles. The van der Waals surface area contributed by atoms with E-state index in [1.54, 1.807) is 43.5 Å². The molecule has 0 atom stereocenters. The number of halogens is 1. The molecule has 1 aromatic heterocycles. The van der Waals surface area contributed by atoms with Gasteiger partial charge in [0, 0.05) is 12.6 Å². The summed E-state index contributed by atoms with van der Waals surface area (Å²) >= 11 is 0. The maximum Gasteiger partial charge on any atom is 0.265 e. The molecule has 108 valence electrons. The van der Waals surface area contributed by atoms with Crippen molar-refractivity contribution in [2.24, 2.45) is 0 Å². The second-order valence-corrected chi connectivity index (χ2v) is 4.61. The molecule has 0 aliphatic heterocycles. The summed E-state index contributed by atoms with van der Waals surface area (Å²) in [7, 11) is 0. The monoisotopic (exact) mass is 284 g/mol. The van der Waals surface area contributed by atoms with E-state index in [1.165, 1.54) is 10.6 Å². The van der Waals surface area contributed by atoms with Gasteiger partial charge in [-0.15, -0.1) is 0 Å². The molecule has 0 amide bonds. The molecule has 4 heteroatoms. The minimum absolute atomic E-state index is 0.142. The van der Waals surface area contributed by atoms with Crippen LogP contribution < -0.4 is 5.56 Å². The second kappa shape index (κ2) is 6.31. The number of benzene rings is 1. The quantitative estimate of drug-likeness (QED) is 0.804. The Kier molecular flexibility index (Phi) is 4.48. The van der Waals surface area contributed by atoms with E-state index in [9.17, 15) is 9.18 Å². The van der Waals surface area contributed by atoms with Crippen molar-refractivity contribution in [1.29, 1.82) is 0 Å². The number of hydrogen-bond acceptors (Lipinski definition) is 2. The SMILES string of the molecule is C=C/C=C\C=C\n1c(CC)nc2c(F)ccc(C)c2c1=O. The molecule has 0 N–H and O–H groups in total. The molecule has 2 aromatic rings. The Morgan fingerprint density at radius 1 is 1.33 bits per heavy atom. The van der Waals surface area contributed by atoms with Crippen LogP contribution in [0, 0.1) is 12.7 Å². The van der Waals surface area contributed by atoms with Crippen LogP contribution in [-0.4, -0.2) is 9.55 Å². The molecule has 3 nitrogen and oxygen atoms in total. The number of aromatic nitrogens is 2. The maximum atomic E-state index is 13.9. The lowest BCUT2D eigenvalue weighted by atomic mass is 10.1. The fourth-order valence-electron chi connectivity index (χ4n) is 2.15. The number of allylic oxidation sites excluding steroid dienone is 4.